The number of aliphatic hydroxyl groups is 2. The highest BCUT2D eigenvalue weighted by atomic mass is 16.8. The fraction of sp³-hybridized carbons (Fsp3) is 0.600. The fourth-order valence-corrected chi connectivity index (χ4v) is 3.00. The number of hydrogen-bond acceptors (Lipinski definition) is 5. The standard InChI is InChI=1S/C15H20O5/c1-15(2)19-13-11(9-6-4-3-5-7-9)12(17)10(8-16)18-14(13)20-15/h3-7,10-14,16-17H,8H2,1-2H3/t10?,11-,12+,13-,14-/m0/s1. The van der Waals surface area contributed by atoms with Crippen molar-refractivity contribution >= 4 is 0 Å². The van der Waals surface area contributed by atoms with Crippen molar-refractivity contribution < 1.29 is 24.4 Å². The molecule has 1 unspecified atom stereocenters. The predicted molar refractivity (Wildman–Crippen MR) is 71.0 cm³/mol. The zero-order chi connectivity index (χ0) is 14.3. The van der Waals surface area contributed by atoms with Crippen LogP contribution in [0, 0.1) is 0 Å². The molecule has 0 radical (unpaired) electrons. The van der Waals surface area contributed by atoms with Gasteiger partial charge >= 0.3 is 0 Å². The van der Waals surface area contributed by atoms with Gasteiger partial charge in [-0.2, -0.15) is 0 Å². The minimum absolute atomic E-state index is 0.252. The smallest absolute Gasteiger partial charge is 0.188 e. The van der Waals surface area contributed by atoms with E-state index in [-0.39, 0.29) is 18.6 Å². The molecule has 0 aliphatic carbocycles. The van der Waals surface area contributed by atoms with Crippen molar-refractivity contribution in [3.05, 3.63) is 35.9 Å². The van der Waals surface area contributed by atoms with E-state index in [9.17, 15) is 10.2 Å². The summed E-state index contributed by atoms with van der Waals surface area (Å²) in [7, 11) is 0. The summed E-state index contributed by atoms with van der Waals surface area (Å²) in [6.45, 7) is 3.38. The van der Waals surface area contributed by atoms with Gasteiger partial charge in [0.25, 0.3) is 0 Å². The molecule has 5 atom stereocenters. The molecule has 2 aliphatic rings. The molecular weight excluding hydrogens is 260 g/mol. The summed E-state index contributed by atoms with van der Waals surface area (Å²) >= 11 is 0. The lowest BCUT2D eigenvalue weighted by Gasteiger charge is -2.40. The molecule has 2 N–H and O–H groups in total. The maximum atomic E-state index is 10.5. The molecule has 1 aromatic rings. The number of fused-ring (bicyclic) bond motifs is 1. The average Bonchev–Trinajstić information content (AvgIpc) is 2.72. The van der Waals surface area contributed by atoms with Crippen LogP contribution in [0.5, 0.6) is 0 Å². The van der Waals surface area contributed by atoms with E-state index in [0.717, 1.165) is 5.56 Å². The van der Waals surface area contributed by atoms with Crippen molar-refractivity contribution in [2.75, 3.05) is 6.61 Å². The van der Waals surface area contributed by atoms with Crippen LogP contribution in [0.3, 0.4) is 0 Å². The number of ether oxygens (including phenoxy) is 3. The average molecular weight is 280 g/mol. The molecule has 0 saturated carbocycles. The molecule has 20 heavy (non-hydrogen) atoms. The van der Waals surface area contributed by atoms with Crippen LogP contribution in [-0.4, -0.2) is 47.2 Å². The lowest BCUT2D eigenvalue weighted by molar-refractivity contribution is -0.238. The van der Waals surface area contributed by atoms with Gasteiger partial charge in [-0.1, -0.05) is 30.3 Å². The van der Waals surface area contributed by atoms with Crippen molar-refractivity contribution in [1.29, 1.82) is 0 Å². The topological polar surface area (TPSA) is 68.2 Å². The minimum Gasteiger partial charge on any atom is -0.394 e. The summed E-state index contributed by atoms with van der Waals surface area (Å²) in [5, 5.41) is 19.9. The molecule has 2 heterocycles. The Kier molecular flexibility index (Phi) is 3.56. The van der Waals surface area contributed by atoms with Crippen molar-refractivity contribution in [1.82, 2.24) is 0 Å². The van der Waals surface area contributed by atoms with Crippen LogP contribution in [0.2, 0.25) is 0 Å². The Morgan fingerprint density at radius 1 is 1.15 bits per heavy atom. The Bertz CT molecular complexity index is 461. The van der Waals surface area contributed by atoms with Crippen molar-refractivity contribution in [2.45, 2.75) is 50.2 Å². The third kappa shape index (κ3) is 2.36. The van der Waals surface area contributed by atoms with Gasteiger partial charge < -0.3 is 24.4 Å². The lowest BCUT2D eigenvalue weighted by atomic mass is 9.83. The molecule has 5 nitrogen and oxygen atoms in total. The van der Waals surface area contributed by atoms with Crippen molar-refractivity contribution in [2.24, 2.45) is 0 Å². The molecule has 2 aliphatic heterocycles. The molecule has 1 aromatic carbocycles. The van der Waals surface area contributed by atoms with Gasteiger partial charge in [-0.3, -0.25) is 0 Å². The van der Waals surface area contributed by atoms with E-state index in [2.05, 4.69) is 0 Å². The van der Waals surface area contributed by atoms with Crippen LogP contribution in [0.25, 0.3) is 0 Å². The predicted octanol–water partition coefficient (Wildman–Crippen LogP) is 1.000. The van der Waals surface area contributed by atoms with Crippen LogP contribution >= 0.6 is 0 Å². The molecule has 3 rings (SSSR count). The van der Waals surface area contributed by atoms with Crippen LogP contribution in [0.1, 0.15) is 25.3 Å². The molecule has 0 aromatic heterocycles. The highest BCUT2D eigenvalue weighted by Crippen LogP contribution is 2.43. The van der Waals surface area contributed by atoms with E-state index in [0.29, 0.717) is 0 Å². The van der Waals surface area contributed by atoms with Gasteiger partial charge in [0.05, 0.1) is 12.7 Å². The second-order valence-corrected chi connectivity index (χ2v) is 5.75. The normalized spacial score (nSPS) is 39.5. The Morgan fingerprint density at radius 3 is 2.50 bits per heavy atom. The maximum absolute atomic E-state index is 10.5. The SMILES string of the molecule is CC1(C)O[C@@H]2OC(CO)[C@@H](O)[C@H](c3ccccc3)[C@@H]2O1. The Balaban J connectivity index is 1.95. The first-order valence-corrected chi connectivity index (χ1v) is 6.87. The van der Waals surface area contributed by atoms with Gasteiger partial charge in [0.2, 0.25) is 0 Å². The first kappa shape index (κ1) is 14.0. The molecule has 2 saturated heterocycles. The van der Waals surface area contributed by atoms with Crippen molar-refractivity contribution in [3.8, 4) is 0 Å². The minimum atomic E-state index is -0.832. The van der Waals surface area contributed by atoms with Gasteiger partial charge in [-0.15, -0.1) is 0 Å². The number of rotatable bonds is 2. The van der Waals surface area contributed by atoms with E-state index in [1.807, 2.05) is 44.2 Å². The molecule has 0 amide bonds. The van der Waals surface area contributed by atoms with E-state index >= 15 is 0 Å². The summed E-state index contributed by atoms with van der Waals surface area (Å²) in [5.74, 6) is -1.04. The molecule has 2 fully saturated rings. The number of benzene rings is 1. The second kappa shape index (κ2) is 5.09. The van der Waals surface area contributed by atoms with Gasteiger partial charge in [-0.25, -0.2) is 0 Å². The quantitative estimate of drug-likeness (QED) is 0.846. The number of aliphatic hydroxyl groups excluding tert-OH is 2. The Morgan fingerprint density at radius 2 is 1.85 bits per heavy atom. The first-order valence-electron chi connectivity index (χ1n) is 6.87. The van der Waals surface area contributed by atoms with E-state index < -0.39 is 24.3 Å². The molecule has 0 spiro atoms. The summed E-state index contributed by atoms with van der Waals surface area (Å²) < 4.78 is 17.2. The van der Waals surface area contributed by atoms with Crippen LogP contribution < -0.4 is 0 Å². The largest absolute Gasteiger partial charge is 0.394 e. The summed E-state index contributed by atoms with van der Waals surface area (Å²) in [6, 6.07) is 9.65. The van der Waals surface area contributed by atoms with Gasteiger partial charge in [0, 0.05) is 5.92 Å². The molecule has 110 valence electrons. The zero-order valence-electron chi connectivity index (χ0n) is 11.6. The van der Waals surface area contributed by atoms with Gasteiger partial charge in [0.15, 0.2) is 12.1 Å². The van der Waals surface area contributed by atoms with Crippen molar-refractivity contribution in [3.63, 3.8) is 0 Å². The van der Waals surface area contributed by atoms with E-state index in [1.165, 1.54) is 0 Å². The first-order chi connectivity index (χ1) is 9.52. The van der Waals surface area contributed by atoms with Crippen LogP contribution in [-0.2, 0) is 14.2 Å². The van der Waals surface area contributed by atoms with Crippen LogP contribution in [0.15, 0.2) is 30.3 Å². The maximum Gasteiger partial charge on any atom is 0.188 e. The highest BCUT2D eigenvalue weighted by molar-refractivity contribution is 5.24. The zero-order valence-corrected chi connectivity index (χ0v) is 11.6. The number of hydrogen-bond donors (Lipinski definition) is 2. The third-order valence-electron chi connectivity index (χ3n) is 3.86. The molecule has 0 bridgehead atoms. The highest BCUT2D eigenvalue weighted by Gasteiger charge is 2.54. The third-order valence-corrected chi connectivity index (χ3v) is 3.86. The van der Waals surface area contributed by atoms with E-state index in [4.69, 9.17) is 14.2 Å². The lowest BCUT2D eigenvalue weighted by Crippen LogP contribution is -2.52. The van der Waals surface area contributed by atoms with Crippen LogP contribution in [0.4, 0.5) is 0 Å². The summed E-state index contributed by atoms with van der Waals surface area (Å²) in [5.41, 5.74) is 0.957. The van der Waals surface area contributed by atoms with E-state index in [1.54, 1.807) is 0 Å². The van der Waals surface area contributed by atoms with Gasteiger partial charge in [0.1, 0.15) is 12.2 Å². The van der Waals surface area contributed by atoms with Gasteiger partial charge in [-0.05, 0) is 19.4 Å². The summed E-state index contributed by atoms with van der Waals surface area (Å²) in [6.07, 6.45) is -2.46. The summed E-state index contributed by atoms with van der Waals surface area (Å²) in [4.78, 5) is 0. The fourth-order valence-electron chi connectivity index (χ4n) is 3.00. The molecule has 5 heteroatoms. The Labute approximate surface area is 118 Å². The monoisotopic (exact) mass is 280 g/mol. The molecular formula is C15H20O5. The Hall–Kier alpha value is -0.980. The second-order valence-electron chi connectivity index (χ2n) is 5.75.